The van der Waals surface area contributed by atoms with Gasteiger partial charge >= 0.3 is 0 Å². The van der Waals surface area contributed by atoms with E-state index in [1.165, 1.54) is 5.56 Å². The van der Waals surface area contributed by atoms with E-state index in [4.69, 9.17) is 27.6 Å². The average molecular weight is 903 g/mol. The van der Waals surface area contributed by atoms with Gasteiger partial charge in [-0.3, -0.25) is 0 Å². The first kappa shape index (κ1) is 45.6. The lowest BCUT2D eigenvalue weighted by Crippen LogP contribution is -2.07. The van der Waals surface area contributed by atoms with Crippen LogP contribution in [0.2, 0.25) is 0 Å². The van der Waals surface area contributed by atoms with Crippen LogP contribution in [0.4, 0.5) is 0 Å². The molecule has 1 N–H and O–H groups in total. The lowest BCUT2D eigenvalue weighted by molar-refractivity contribution is -0.112. The Morgan fingerprint density at radius 2 is 0.985 bits per heavy atom. The molecule has 7 nitrogen and oxygen atoms in total. The van der Waals surface area contributed by atoms with Gasteiger partial charge in [0.1, 0.15) is 35.4 Å². The molecule has 8 aromatic rings. The zero-order chi connectivity index (χ0) is 45.5. The summed E-state index contributed by atoms with van der Waals surface area (Å²) in [6, 6.07) is 50.9. The second kappa shape index (κ2) is 20.9. The molecule has 0 aliphatic carbocycles. The largest absolute Gasteiger partial charge is 0.489 e. The summed E-state index contributed by atoms with van der Waals surface area (Å²) in [6.45, 7) is 15.4. The molecule has 65 heavy (non-hydrogen) atoms. The molecule has 0 fully saturated rings. The van der Waals surface area contributed by atoms with Gasteiger partial charge < -0.3 is 32.7 Å². The van der Waals surface area contributed by atoms with E-state index in [1.54, 1.807) is 0 Å². The highest BCUT2D eigenvalue weighted by Crippen LogP contribution is 2.51. The smallest absolute Gasteiger partial charge is 0.275 e. The van der Waals surface area contributed by atoms with Crippen LogP contribution in [-0.4, -0.2) is 5.11 Å². The highest BCUT2D eigenvalue weighted by molar-refractivity contribution is 7.27. The van der Waals surface area contributed by atoms with Crippen LogP contribution in [0.1, 0.15) is 90.3 Å². The van der Waals surface area contributed by atoms with Crippen molar-refractivity contribution < 1.29 is 32.7 Å². The average Bonchev–Trinajstić information content (AvgIpc) is 3.30. The molecule has 332 valence electrons. The molecule has 3 atom stereocenters. The van der Waals surface area contributed by atoms with Crippen LogP contribution in [0.3, 0.4) is 0 Å². The zero-order valence-corrected chi connectivity index (χ0v) is 40.0. The van der Waals surface area contributed by atoms with Crippen molar-refractivity contribution in [1.29, 1.82) is 0 Å². The number of rotatable bonds is 18. The molecule has 0 aliphatic rings. The van der Waals surface area contributed by atoms with Gasteiger partial charge in [-0.15, -0.1) is 0 Å². The van der Waals surface area contributed by atoms with Gasteiger partial charge in [0, 0.05) is 11.1 Å². The van der Waals surface area contributed by atoms with Crippen LogP contribution < -0.4 is 22.8 Å². The SMILES string of the molecule is Cc1ccc(COc2ccc(COC(O)c3cc4ccccc4c(-c4c(OPOc5cc(C)ccc5C(C)C)ccc5ccccc45)c3OPOc3cc(C)ccc3C(C)C)cc2)cc1. The van der Waals surface area contributed by atoms with Crippen LogP contribution in [0.25, 0.3) is 32.7 Å². The zero-order valence-electron chi connectivity index (χ0n) is 38.0. The number of hydrogen-bond donors (Lipinski definition) is 1. The van der Waals surface area contributed by atoms with Gasteiger partial charge in [-0.25, -0.2) is 0 Å². The fourth-order valence-electron chi connectivity index (χ4n) is 7.92. The number of hydrogen-bond acceptors (Lipinski definition) is 7. The van der Waals surface area contributed by atoms with Gasteiger partial charge in [-0.1, -0.05) is 149 Å². The van der Waals surface area contributed by atoms with Crippen LogP contribution >= 0.6 is 18.1 Å². The second-order valence-electron chi connectivity index (χ2n) is 17.1. The molecule has 0 spiro atoms. The first-order valence-corrected chi connectivity index (χ1v) is 23.7. The Bertz CT molecular complexity index is 2890. The minimum atomic E-state index is -1.37. The standard InChI is InChI=1S/C56H56O7P2/c1-35(2)45-27-18-38(6)30-51(45)61-64-60-50-29-24-42-12-8-10-14-47(42)53(50)54-48-15-11-9-13-43(48)32-49(55(54)63-65-62-52-31-39(7)19-28-46(52)36(3)4)56(57)59-34-41-22-25-44(26-23-41)58-33-40-20-16-37(5)17-21-40/h8-32,35-36,56-57,64-65H,33-34H2,1-7H3. The number of benzene rings is 8. The van der Waals surface area contributed by atoms with Crippen molar-refractivity contribution in [2.75, 3.05) is 0 Å². The van der Waals surface area contributed by atoms with Crippen molar-refractivity contribution in [2.45, 2.75) is 79.8 Å². The van der Waals surface area contributed by atoms with Gasteiger partial charge in [0.25, 0.3) is 18.1 Å². The molecular weight excluding hydrogens is 847 g/mol. The summed E-state index contributed by atoms with van der Waals surface area (Å²) in [7, 11) is -0.802. The van der Waals surface area contributed by atoms with Crippen molar-refractivity contribution in [2.24, 2.45) is 0 Å². The maximum absolute atomic E-state index is 12.2. The molecule has 3 unspecified atom stereocenters. The van der Waals surface area contributed by atoms with E-state index in [2.05, 4.69) is 127 Å². The quantitative estimate of drug-likeness (QED) is 0.0679. The minimum Gasteiger partial charge on any atom is -0.489 e. The number of ether oxygens (including phenoxy) is 2. The molecule has 8 aromatic carbocycles. The van der Waals surface area contributed by atoms with Crippen molar-refractivity contribution in [3.05, 3.63) is 196 Å². The molecule has 0 saturated carbocycles. The van der Waals surface area contributed by atoms with Crippen molar-refractivity contribution >= 4 is 39.6 Å². The predicted octanol–water partition coefficient (Wildman–Crippen LogP) is 15.6. The van der Waals surface area contributed by atoms with E-state index in [0.717, 1.165) is 83.3 Å². The summed E-state index contributed by atoms with van der Waals surface area (Å²) < 4.78 is 38.9. The number of aliphatic hydroxyl groups excluding tert-OH is 1. The first-order chi connectivity index (χ1) is 31.5. The lowest BCUT2D eigenvalue weighted by Gasteiger charge is -2.24. The predicted molar refractivity (Wildman–Crippen MR) is 268 cm³/mol. The summed E-state index contributed by atoms with van der Waals surface area (Å²) in [5.41, 5.74) is 9.59. The monoisotopic (exact) mass is 902 g/mol. The molecule has 8 rings (SSSR count). The summed E-state index contributed by atoms with van der Waals surface area (Å²) in [6.07, 6.45) is -1.37. The highest BCUT2D eigenvalue weighted by Gasteiger charge is 2.27. The van der Waals surface area contributed by atoms with Crippen LogP contribution in [-0.2, 0) is 18.0 Å². The Hall–Kier alpha value is -5.94. The summed E-state index contributed by atoms with van der Waals surface area (Å²) in [4.78, 5) is 0. The van der Waals surface area contributed by atoms with Gasteiger partial charge in [-0.05, 0) is 124 Å². The number of aryl methyl sites for hydroxylation is 3. The summed E-state index contributed by atoms with van der Waals surface area (Å²) in [5.74, 6) is 3.86. The maximum Gasteiger partial charge on any atom is 0.275 e. The van der Waals surface area contributed by atoms with Crippen molar-refractivity contribution in [3.63, 3.8) is 0 Å². The molecule has 0 heterocycles. The fraction of sp³-hybridized carbons (Fsp3) is 0.214. The van der Waals surface area contributed by atoms with Gasteiger partial charge in [0.2, 0.25) is 0 Å². The van der Waals surface area contributed by atoms with E-state index in [9.17, 15) is 5.11 Å². The van der Waals surface area contributed by atoms with E-state index in [-0.39, 0.29) is 27.5 Å². The normalized spacial score (nSPS) is 12.3. The van der Waals surface area contributed by atoms with Gasteiger partial charge in [0.15, 0.2) is 6.29 Å². The highest BCUT2D eigenvalue weighted by atomic mass is 31.1. The third kappa shape index (κ3) is 11.0. The Kier molecular flexibility index (Phi) is 14.7. The Labute approximate surface area is 386 Å². The molecule has 0 amide bonds. The molecule has 0 radical (unpaired) electrons. The third-order valence-corrected chi connectivity index (χ3v) is 12.7. The van der Waals surface area contributed by atoms with Gasteiger partial charge in [-0.2, -0.15) is 0 Å². The fourth-order valence-corrected chi connectivity index (χ4v) is 9.10. The summed E-state index contributed by atoms with van der Waals surface area (Å²) >= 11 is 0. The molecule has 0 saturated heterocycles. The second-order valence-corrected chi connectivity index (χ2v) is 18.2. The third-order valence-electron chi connectivity index (χ3n) is 11.5. The molecule has 0 aromatic heterocycles. The number of aliphatic hydroxyl groups is 1. The van der Waals surface area contributed by atoms with E-state index < -0.39 is 15.3 Å². The van der Waals surface area contributed by atoms with E-state index in [1.807, 2.05) is 72.8 Å². The molecular formula is C56H56O7P2. The maximum atomic E-state index is 12.2. The van der Waals surface area contributed by atoms with Crippen molar-refractivity contribution in [1.82, 2.24) is 0 Å². The van der Waals surface area contributed by atoms with E-state index >= 15 is 0 Å². The molecule has 9 heteroatoms. The first-order valence-electron chi connectivity index (χ1n) is 22.1. The van der Waals surface area contributed by atoms with Gasteiger partial charge in [0.05, 0.1) is 12.2 Å². The van der Waals surface area contributed by atoms with E-state index in [0.29, 0.717) is 23.7 Å². The number of fused-ring (bicyclic) bond motifs is 2. The summed E-state index contributed by atoms with van der Waals surface area (Å²) in [5, 5.41) is 15.9. The minimum absolute atomic E-state index is 0.138. The molecule has 0 aliphatic heterocycles. The Balaban J connectivity index is 1.17. The van der Waals surface area contributed by atoms with Crippen molar-refractivity contribution in [3.8, 4) is 39.9 Å². The molecule has 0 bridgehead atoms. The van der Waals surface area contributed by atoms with Crippen LogP contribution in [0.5, 0.6) is 28.7 Å². The topological polar surface area (TPSA) is 75.6 Å². The lowest BCUT2D eigenvalue weighted by atomic mass is 9.90. The Morgan fingerprint density at radius 3 is 1.62 bits per heavy atom. The van der Waals surface area contributed by atoms with Crippen LogP contribution in [0, 0.1) is 20.8 Å². The van der Waals surface area contributed by atoms with Crippen LogP contribution in [0.15, 0.2) is 152 Å². The Morgan fingerprint density at radius 1 is 0.462 bits per heavy atom.